The third-order valence-corrected chi connectivity index (χ3v) is 5.82. The molecule has 156 valence electrons. The number of rotatable bonds is 10. The Kier molecular flexibility index (Phi) is 7.54. The quantitative estimate of drug-likeness (QED) is 0.608. The van der Waals surface area contributed by atoms with Crippen LogP contribution in [0.5, 0.6) is 6.01 Å². The number of aromatic nitrogens is 2. The van der Waals surface area contributed by atoms with Gasteiger partial charge in [0.05, 0.1) is 6.10 Å². The summed E-state index contributed by atoms with van der Waals surface area (Å²) in [5, 5.41) is 0. The number of hydrogen-bond acceptors (Lipinski definition) is 6. The lowest BCUT2D eigenvalue weighted by Gasteiger charge is -2.26. The van der Waals surface area contributed by atoms with Crippen molar-refractivity contribution in [3.8, 4) is 6.01 Å². The summed E-state index contributed by atoms with van der Waals surface area (Å²) in [4.78, 5) is 13.9. The highest BCUT2D eigenvalue weighted by Gasteiger charge is 2.28. The zero-order valence-electron chi connectivity index (χ0n) is 17.8. The van der Waals surface area contributed by atoms with Crippen LogP contribution < -0.4 is 15.4 Å². The van der Waals surface area contributed by atoms with E-state index in [9.17, 15) is 0 Å². The molecule has 0 aliphatic carbocycles. The summed E-state index contributed by atoms with van der Waals surface area (Å²) in [7, 11) is 0. The predicted molar refractivity (Wildman–Crippen MR) is 116 cm³/mol. The van der Waals surface area contributed by atoms with E-state index in [0.29, 0.717) is 11.8 Å². The number of hydrogen-bond donors (Lipinski definition) is 1. The molecule has 0 aromatic carbocycles. The fourth-order valence-corrected chi connectivity index (χ4v) is 4.24. The number of anilines is 2. The minimum Gasteiger partial charge on any atom is -0.460 e. The zero-order valence-corrected chi connectivity index (χ0v) is 17.8. The number of piperidine rings is 1. The van der Waals surface area contributed by atoms with E-state index in [4.69, 9.17) is 10.5 Å². The molecule has 0 bridgehead atoms. The Labute approximate surface area is 170 Å². The second-order valence-corrected chi connectivity index (χ2v) is 8.27. The number of fused-ring (bicyclic) bond motifs is 1. The lowest BCUT2D eigenvalue weighted by molar-refractivity contribution is 0.193. The fraction of sp³-hybridized carbons (Fsp3) is 0.727. The summed E-state index contributed by atoms with van der Waals surface area (Å²) in [6.45, 7) is 13.2. The van der Waals surface area contributed by atoms with E-state index < -0.39 is 0 Å². The summed E-state index contributed by atoms with van der Waals surface area (Å²) in [6, 6.07) is 0.391. The summed E-state index contributed by atoms with van der Waals surface area (Å²) in [6.07, 6.45) is 10.7. The van der Waals surface area contributed by atoms with Crippen LogP contribution >= 0.6 is 0 Å². The smallest absolute Gasteiger partial charge is 0.320 e. The van der Waals surface area contributed by atoms with Gasteiger partial charge in [-0.05, 0) is 58.7 Å². The molecule has 0 saturated carbocycles. The molecule has 2 aliphatic rings. The highest BCUT2D eigenvalue weighted by atomic mass is 16.5. The normalized spacial score (nSPS) is 18.4. The minimum absolute atomic E-state index is 0.0929. The number of nitrogen functional groups attached to an aromatic ring is 1. The van der Waals surface area contributed by atoms with Gasteiger partial charge in [-0.25, -0.2) is 0 Å². The van der Waals surface area contributed by atoms with Crippen LogP contribution in [0.15, 0.2) is 12.3 Å². The molecule has 0 spiro atoms. The third kappa shape index (κ3) is 5.37. The Balaban J connectivity index is 1.53. The van der Waals surface area contributed by atoms with Crippen molar-refractivity contribution in [2.24, 2.45) is 0 Å². The van der Waals surface area contributed by atoms with E-state index in [1.165, 1.54) is 51.7 Å². The van der Waals surface area contributed by atoms with Crippen LogP contribution in [0.1, 0.15) is 70.8 Å². The lowest BCUT2D eigenvalue weighted by atomic mass is 10.1. The van der Waals surface area contributed by atoms with Gasteiger partial charge < -0.3 is 20.3 Å². The summed E-state index contributed by atoms with van der Waals surface area (Å²) in [5.41, 5.74) is 8.26. The molecule has 1 saturated heterocycles. The SMILES string of the molecule is C=C1Cc2c(N)nc(O[C@@H](C)CCC)nc2N1CCCCCN1CCCCC1. The number of likely N-dealkylation sites (tertiary alicyclic amines) is 1. The first-order valence-corrected chi connectivity index (χ1v) is 11.1. The Morgan fingerprint density at radius 1 is 1.11 bits per heavy atom. The molecule has 1 aromatic heterocycles. The van der Waals surface area contributed by atoms with Crippen LogP contribution in [0.4, 0.5) is 11.6 Å². The molecular formula is C22H37N5O. The number of allylic oxidation sites excluding steroid dienone is 1. The van der Waals surface area contributed by atoms with Gasteiger partial charge in [-0.3, -0.25) is 0 Å². The molecule has 6 nitrogen and oxygen atoms in total. The maximum absolute atomic E-state index is 6.20. The van der Waals surface area contributed by atoms with Gasteiger partial charge in [-0.1, -0.05) is 32.8 Å². The largest absolute Gasteiger partial charge is 0.460 e. The van der Waals surface area contributed by atoms with Gasteiger partial charge in [0.15, 0.2) is 0 Å². The topological polar surface area (TPSA) is 67.5 Å². The van der Waals surface area contributed by atoms with E-state index in [1.54, 1.807) is 0 Å². The van der Waals surface area contributed by atoms with Gasteiger partial charge >= 0.3 is 6.01 Å². The molecule has 3 heterocycles. The molecular weight excluding hydrogens is 350 g/mol. The van der Waals surface area contributed by atoms with Gasteiger partial charge in [-0.2, -0.15) is 9.97 Å². The Morgan fingerprint density at radius 3 is 2.61 bits per heavy atom. The van der Waals surface area contributed by atoms with Crippen LogP contribution in [-0.4, -0.2) is 47.2 Å². The molecule has 0 radical (unpaired) electrons. The number of unbranched alkanes of at least 4 members (excludes halogenated alkanes) is 2. The maximum atomic E-state index is 6.20. The van der Waals surface area contributed by atoms with Gasteiger partial charge in [0.25, 0.3) is 0 Å². The number of nitrogens with two attached hydrogens (primary N) is 1. The highest BCUT2D eigenvalue weighted by molar-refractivity contribution is 5.67. The van der Waals surface area contributed by atoms with E-state index in [2.05, 4.69) is 40.2 Å². The van der Waals surface area contributed by atoms with Crippen molar-refractivity contribution < 1.29 is 4.74 Å². The van der Waals surface area contributed by atoms with E-state index in [-0.39, 0.29) is 6.10 Å². The van der Waals surface area contributed by atoms with Gasteiger partial charge in [0.1, 0.15) is 11.6 Å². The zero-order chi connectivity index (χ0) is 19.9. The fourth-order valence-electron chi connectivity index (χ4n) is 4.24. The van der Waals surface area contributed by atoms with Crippen LogP contribution in [-0.2, 0) is 6.42 Å². The van der Waals surface area contributed by atoms with Crippen LogP contribution in [0, 0.1) is 0 Å². The molecule has 28 heavy (non-hydrogen) atoms. The molecule has 1 fully saturated rings. The molecule has 0 amide bonds. The minimum atomic E-state index is 0.0929. The van der Waals surface area contributed by atoms with E-state index in [1.807, 2.05) is 0 Å². The Hall–Kier alpha value is -1.82. The molecule has 6 heteroatoms. The van der Waals surface area contributed by atoms with Gasteiger partial charge in [0.2, 0.25) is 0 Å². The molecule has 0 unspecified atom stereocenters. The van der Waals surface area contributed by atoms with Crippen molar-refractivity contribution in [3.05, 3.63) is 17.8 Å². The predicted octanol–water partition coefficient (Wildman–Crippen LogP) is 4.16. The molecule has 2 aliphatic heterocycles. The third-order valence-electron chi connectivity index (χ3n) is 5.82. The van der Waals surface area contributed by atoms with Crippen LogP contribution in [0.25, 0.3) is 0 Å². The van der Waals surface area contributed by atoms with Crippen LogP contribution in [0.3, 0.4) is 0 Å². The molecule has 3 rings (SSSR count). The van der Waals surface area contributed by atoms with E-state index >= 15 is 0 Å². The lowest BCUT2D eigenvalue weighted by Crippen LogP contribution is -2.30. The highest BCUT2D eigenvalue weighted by Crippen LogP contribution is 2.36. The van der Waals surface area contributed by atoms with Crippen molar-refractivity contribution in [3.63, 3.8) is 0 Å². The number of ether oxygens (including phenoxy) is 1. The molecule has 2 N–H and O–H groups in total. The van der Waals surface area contributed by atoms with Crippen molar-refractivity contribution >= 4 is 11.6 Å². The molecule has 1 atom stereocenters. The first kappa shape index (κ1) is 20.9. The van der Waals surface area contributed by atoms with E-state index in [0.717, 1.165) is 49.3 Å². The standard InChI is InChI=1S/C22H37N5O/c1-4-11-18(3)28-22-24-20(23)19-16-17(2)27(21(19)25-22)15-10-6-9-14-26-12-7-5-8-13-26/h18H,2,4-16H2,1,3H3,(H2,23,24,25)/t18-/m0/s1. The summed E-state index contributed by atoms with van der Waals surface area (Å²) < 4.78 is 5.89. The second-order valence-electron chi connectivity index (χ2n) is 8.27. The van der Waals surface area contributed by atoms with Gasteiger partial charge in [-0.15, -0.1) is 0 Å². The first-order valence-electron chi connectivity index (χ1n) is 11.1. The average Bonchev–Trinajstić information content (AvgIpc) is 2.99. The van der Waals surface area contributed by atoms with Crippen molar-refractivity contribution in [2.75, 3.05) is 36.8 Å². The number of nitrogens with zero attached hydrogens (tertiary/aromatic N) is 4. The van der Waals surface area contributed by atoms with Crippen molar-refractivity contribution in [2.45, 2.75) is 77.7 Å². The van der Waals surface area contributed by atoms with Crippen molar-refractivity contribution in [1.82, 2.24) is 14.9 Å². The van der Waals surface area contributed by atoms with Crippen LogP contribution in [0.2, 0.25) is 0 Å². The molecule has 1 aromatic rings. The first-order chi connectivity index (χ1) is 13.6. The Morgan fingerprint density at radius 2 is 1.86 bits per heavy atom. The monoisotopic (exact) mass is 387 g/mol. The Bertz CT molecular complexity index is 657. The van der Waals surface area contributed by atoms with Crippen molar-refractivity contribution in [1.29, 1.82) is 0 Å². The van der Waals surface area contributed by atoms with Gasteiger partial charge in [0, 0.05) is 24.2 Å². The summed E-state index contributed by atoms with van der Waals surface area (Å²) >= 11 is 0. The average molecular weight is 388 g/mol. The second kappa shape index (κ2) is 10.1. The summed E-state index contributed by atoms with van der Waals surface area (Å²) in [5.74, 6) is 1.42. The maximum Gasteiger partial charge on any atom is 0.320 e.